The van der Waals surface area contributed by atoms with Crippen molar-refractivity contribution in [3.05, 3.63) is 53.6 Å². The van der Waals surface area contributed by atoms with E-state index >= 15 is 0 Å². The topological polar surface area (TPSA) is 29.9 Å². The summed E-state index contributed by atoms with van der Waals surface area (Å²) in [6, 6.07) is 9.09. The fourth-order valence-electron chi connectivity index (χ4n) is 2.99. The number of imidazole rings is 1. The van der Waals surface area contributed by atoms with Gasteiger partial charge < -0.3 is 9.88 Å². The first-order valence-electron chi connectivity index (χ1n) is 7.09. The Labute approximate surface area is 114 Å². The first-order valence-corrected chi connectivity index (χ1v) is 7.09. The van der Waals surface area contributed by atoms with Crippen LogP contribution in [0.25, 0.3) is 0 Å². The van der Waals surface area contributed by atoms with Gasteiger partial charge in [0.15, 0.2) is 0 Å². The van der Waals surface area contributed by atoms with Crippen LogP contribution in [0.5, 0.6) is 0 Å². The molecule has 1 aromatic carbocycles. The van der Waals surface area contributed by atoms with Gasteiger partial charge in [-0.2, -0.15) is 0 Å². The van der Waals surface area contributed by atoms with Gasteiger partial charge in [-0.3, -0.25) is 0 Å². The molecule has 19 heavy (non-hydrogen) atoms. The van der Waals surface area contributed by atoms with E-state index in [0.717, 1.165) is 25.2 Å². The Balaban J connectivity index is 1.88. The normalized spacial score (nSPS) is 18.7. The zero-order valence-electron chi connectivity index (χ0n) is 11.6. The highest BCUT2D eigenvalue weighted by atomic mass is 15.1. The smallest absolute Gasteiger partial charge is 0.126 e. The monoisotopic (exact) mass is 255 g/mol. The molecular formula is C16H21N3. The van der Waals surface area contributed by atoms with E-state index in [1.165, 1.54) is 11.1 Å². The maximum atomic E-state index is 4.55. The fraction of sp³-hybridized carbons (Fsp3) is 0.438. The van der Waals surface area contributed by atoms with E-state index in [1.807, 2.05) is 12.4 Å². The van der Waals surface area contributed by atoms with Gasteiger partial charge in [0.1, 0.15) is 5.82 Å². The molecule has 2 atom stereocenters. The van der Waals surface area contributed by atoms with E-state index < -0.39 is 0 Å². The second kappa shape index (κ2) is 5.17. The lowest BCUT2D eigenvalue weighted by Gasteiger charge is -2.36. The van der Waals surface area contributed by atoms with Crippen molar-refractivity contribution in [1.29, 1.82) is 0 Å². The lowest BCUT2D eigenvalue weighted by atomic mass is 9.73. The zero-order chi connectivity index (χ0) is 13.2. The van der Waals surface area contributed by atoms with E-state index in [2.05, 4.69) is 53.1 Å². The maximum Gasteiger partial charge on any atom is 0.126 e. The number of hydrogen-bond acceptors (Lipinski definition) is 2. The zero-order valence-corrected chi connectivity index (χ0v) is 11.6. The molecule has 0 spiro atoms. The van der Waals surface area contributed by atoms with Gasteiger partial charge in [0.05, 0.1) is 6.04 Å². The number of aromatic nitrogens is 2. The first-order chi connectivity index (χ1) is 9.31. The highest BCUT2D eigenvalue weighted by Crippen LogP contribution is 2.42. The minimum atomic E-state index is 0.329. The Morgan fingerprint density at radius 3 is 2.95 bits per heavy atom. The second-order valence-electron chi connectivity index (χ2n) is 5.34. The Morgan fingerprint density at radius 1 is 1.42 bits per heavy atom. The molecule has 1 aliphatic carbocycles. The van der Waals surface area contributed by atoms with Crippen LogP contribution in [0.4, 0.5) is 0 Å². The van der Waals surface area contributed by atoms with Crippen LogP contribution in [-0.2, 0) is 13.5 Å². The summed E-state index contributed by atoms with van der Waals surface area (Å²) in [4.78, 5) is 4.55. The molecule has 1 heterocycles. The SMILES string of the molecule is CCCNC(c1nccn1C)C1Cc2ccccc21. The van der Waals surface area contributed by atoms with Gasteiger partial charge in [0, 0.05) is 25.4 Å². The summed E-state index contributed by atoms with van der Waals surface area (Å²) >= 11 is 0. The molecule has 0 radical (unpaired) electrons. The molecule has 0 saturated heterocycles. The van der Waals surface area contributed by atoms with E-state index in [9.17, 15) is 0 Å². The Morgan fingerprint density at radius 2 is 2.26 bits per heavy atom. The van der Waals surface area contributed by atoms with Crippen molar-refractivity contribution >= 4 is 0 Å². The summed E-state index contributed by atoms with van der Waals surface area (Å²) in [5.74, 6) is 1.71. The molecule has 0 fully saturated rings. The number of hydrogen-bond donors (Lipinski definition) is 1. The van der Waals surface area contributed by atoms with Crippen LogP contribution in [0.2, 0.25) is 0 Å². The van der Waals surface area contributed by atoms with Crippen LogP contribution in [0, 0.1) is 0 Å². The van der Waals surface area contributed by atoms with Gasteiger partial charge in [-0.1, -0.05) is 31.2 Å². The molecule has 0 aliphatic heterocycles. The van der Waals surface area contributed by atoms with Crippen molar-refractivity contribution in [2.45, 2.75) is 31.7 Å². The minimum absolute atomic E-state index is 0.329. The summed E-state index contributed by atoms with van der Waals surface area (Å²) in [5.41, 5.74) is 2.98. The van der Waals surface area contributed by atoms with Gasteiger partial charge in [-0.15, -0.1) is 0 Å². The molecular weight excluding hydrogens is 234 g/mol. The van der Waals surface area contributed by atoms with Crippen LogP contribution >= 0.6 is 0 Å². The van der Waals surface area contributed by atoms with Crippen molar-refractivity contribution in [3.63, 3.8) is 0 Å². The van der Waals surface area contributed by atoms with Crippen molar-refractivity contribution in [1.82, 2.24) is 14.9 Å². The molecule has 100 valence electrons. The van der Waals surface area contributed by atoms with E-state index in [1.54, 1.807) is 0 Å². The largest absolute Gasteiger partial charge is 0.337 e. The maximum absolute atomic E-state index is 4.55. The van der Waals surface area contributed by atoms with Gasteiger partial charge in [0.25, 0.3) is 0 Å². The lowest BCUT2D eigenvalue weighted by Crippen LogP contribution is -2.35. The van der Waals surface area contributed by atoms with Gasteiger partial charge in [0.2, 0.25) is 0 Å². The lowest BCUT2D eigenvalue weighted by molar-refractivity contribution is 0.388. The average Bonchev–Trinajstić information content (AvgIpc) is 2.81. The Bertz CT molecular complexity index is 559. The molecule has 0 bridgehead atoms. The Kier molecular flexibility index (Phi) is 3.38. The number of rotatable bonds is 5. The number of fused-ring (bicyclic) bond motifs is 1. The predicted molar refractivity (Wildman–Crippen MR) is 77.1 cm³/mol. The minimum Gasteiger partial charge on any atom is -0.337 e. The summed E-state index contributed by atoms with van der Waals surface area (Å²) < 4.78 is 2.13. The standard InChI is InChI=1S/C16H21N3/c1-3-8-17-15(16-18-9-10-19(16)2)14-11-12-6-4-5-7-13(12)14/h4-7,9-10,14-15,17H,3,8,11H2,1-2H3. The third kappa shape index (κ3) is 2.19. The molecule has 1 aromatic heterocycles. The van der Waals surface area contributed by atoms with Crippen LogP contribution in [0.15, 0.2) is 36.7 Å². The van der Waals surface area contributed by atoms with Gasteiger partial charge >= 0.3 is 0 Å². The molecule has 2 aromatic rings. The third-order valence-electron chi connectivity index (χ3n) is 4.05. The average molecular weight is 255 g/mol. The summed E-state index contributed by atoms with van der Waals surface area (Å²) in [7, 11) is 2.08. The molecule has 1 aliphatic rings. The van der Waals surface area contributed by atoms with Crippen molar-refractivity contribution < 1.29 is 0 Å². The van der Waals surface area contributed by atoms with Gasteiger partial charge in [-0.05, 0) is 30.5 Å². The molecule has 2 unspecified atom stereocenters. The summed E-state index contributed by atoms with van der Waals surface area (Å²) in [6.45, 7) is 3.24. The summed E-state index contributed by atoms with van der Waals surface area (Å²) in [6.07, 6.45) is 6.22. The molecule has 3 nitrogen and oxygen atoms in total. The van der Waals surface area contributed by atoms with Crippen LogP contribution in [-0.4, -0.2) is 16.1 Å². The van der Waals surface area contributed by atoms with E-state index in [0.29, 0.717) is 12.0 Å². The predicted octanol–water partition coefficient (Wildman–Crippen LogP) is 2.80. The Hall–Kier alpha value is -1.61. The van der Waals surface area contributed by atoms with Crippen LogP contribution in [0.3, 0.4) is 0 Å². The van der Waals surface area contributed by atoms with E-state index in [-0.39, 0.29) is 0 Å². The highest BCUT2D eigenvalue weighted by molar-refractivity contribution is 5.42. The molecule has 3 heteroatoms. The quantitative estimate of drug-likeness (QED) is 0.890. The van der Waals surface area contributed by atoms with Gasteiger partial charge in [-0.25, -0.2) is 4.98 Å². The van der Waals surface area contributed by atoms with Crippen LogP contribution < -0.4 is 5.32 Å². The second-order valence-corrected chi connectivity index (χ2v) is 5.34. The number of nitrogens with one attached hydrogen (secondary N) is 1. The number of benzene rings is 1. The van der Waals surface area contributed by atoms with Crippen LogP contribution in [0.1, 0.15) is 42.3 Å². The fourth-order valence-corrected chi connectivity index (χ4v) is 2.99. The summed E-state index contributed by atoms with van der Waals surface area (Å²) in [5, 5.41) is 3.67. The molecule has 3 rings (SSSR count). The highest BCUT2D eigenvalue weighted by Gasteiger charge is 2.35. The van der Waals surface area contributed by atoms with E-state index in [4.69, 9.17) is 0 Å². The van der Waals surface area contributed by atoms with Crippen molar-refractivity contribution in [2.24, 2.45) is 7.05 Å². The van der Waals surface area contributed by atoms with Crippen molar-refractivity contribution in [3.8, 4) is 0 Å². The first kappa shape index (κ1) is 12.4. The molecule has 0 saturated carbocycles. The van der Waals surface area contributed by atoms with Crippen molar-refractivity contribution in [2.75, 3.05) is 6.54 Å². The molecule has 0 amide bonds. The molecule has 1 N–H and O–H groups in total. The third-order valence-corrected chi connectivity index (χ3v) is 4.05. The number of aryl methyl sites for hydroxylation is 1. The number of nitrogens with zero attached hydrogens (tertiary/aromatic N) is 2.